The zero-order chi connectivity index (χ0) is 14.9. The number of carbonyl (C=O) groups is 1. The molecular weight excluding hydrogens is 278 g/mol. The summed E-state index contributed by atoms with van der Waals surface area (Å²) in [4.78, 5) is 15.3. The number of imidazole rings is 1. The Morgan fingerprint density at radius 1 is 1.60 bits per heavy atom. The summed E-state index contributed by atoms with van der Waals surface area (Å²) in [6.45, 7) is 4.68. The highest BCUT2D eigenvalue weighted by atomic mass is 32.1. The Balaban J connectivity index is 2.34. The topological polar surface area (TPSA) is 76.9 Å². The molecule has 0 aliphatic carbocycles. The third-order valence-electron chi connectivity index (χ3n) is 3.24. The fourth-order valence-electron chi connectivity index (χ4n) is 2.23. The second-order valence-electron chi connectivity index (χ2n) is 4.67. The molecule has 20 heavy (non-hydrogen) atoms. The van der Waals surface area contributed by atoms with E-state index in [0.717, 1.165) is 16.9 Å². The van der Waals surface area contributed by atoms with Crippen LogP contribution in [0.5, 0.6) is 0 Å². The first kappa shape index (κ1) is 14.7. The molecule has 110 valence electrons. The fourth-order valence-corrected chi connectivity index (χ4v) is 2.58. The van der Waals surface area contributed by atoms with Crippen molar-refractivity contribution in [2.45, 2.75) is 19.9 Å². The fraction of sp³-hybridized carbons (Fsp3) is 0.583. The van der Waals surface area contributed by atoms with Crippen molar-refractivity contribution in [2.24, 2.45) is 7.05 Å². The lowest BCUT2D eigenvalue weighted by molar-refractivity contribution is -0.124. The summed E-state index contributed by atoms with van der Waals surface area (Å²) in [6.07, 6.45) is 0. The van der Waals surface area contributed by atoms with Crippen LogP contribution < -0.4 is 5.32 Å². The first-order chi connectivity index (χ1) is 9.47. The van der Waals surface area contributed by atoms with Crippen molar-refractivity contribution < 1.29 is 9.53 Å². The van der Waals surface area contributed by atoms with Gasteiger partial charge in [-0.2, -0.15) is 5.10 Å². The van der Waals surface area contributed by atoms with Gasteiger partial charge in [0.05, 0.1) is 12.3 Å². The minimum absolute atomic E-state index is 0.0992. The Morgan fingerprint density at radius 3 is 2.95 bits per heavy atom. The summed E-state index contributed by atoms with van der Waals surface area (Å²) in [5.41, 5.74) is 2.55. The quantitative estimate of drug-likeness (QED) is 0.639. The van der Waals surface area contributed by atoms with E-state index in [1.54, 1.807) is 16.4 Å². The molecule has 0 spiro atoms. The molecule has 0 saturated heterocycles. The Labute approximate surface area is 121 Å². The molecule has 7 nitrogen and oxygen atoms in total. The van der Waals surface area contributed by atoms with Crippen LogP contribution in [-0.4, -0.2) is 45.5 Å². The van der Waals surface area contributed by atoms with E-state index < -0.39 is 6.04 Å². The van der Waals surface area contributed by atoms with Gasteiger partial charge < -0.3 is 15.0 Å². The van der Waals surface area contributed by atoms with Gasteiger partial charge in [-0.15, -0.1) is 0 Å². The van der Waals surface area contributed by atoms with Crippen LogP contribution in [0, 0.1) is 11.7 Å². The van der Waals surface area contributed by atoms with E-state index in [4.69, 9.17) is 17.0 Å². The van der Waals surface area contributed by atoms with Crippen molar-refractivity contribution in [1.82, 2.24) is 24.6 Å². The molecule has 2 heterocycles. The second-order valence-corrected chi connectivity index (χ2v) is 5.05. The van der Waals surface area contributed by atoms with Crippen molar-refractivity contribution in [1.29, 1.82) is 0 Å². The van der Waals surface area contributed by atoms with Gasteiger partial charge in [0.25, 0.3) is 0 Å². The molecule has 1 unspecified atom stereocenters. The molecule has 0 radical (unpaired) electrons. The van der Waals surface area contributed by atoms with Gasteiger partial charge in [0, 0.05) is 20.7 Å². The number of ether oxygens (including phenoxy) is 1. The van der Waals surface area contributed by atoms with Crippen LogP contribution in [0.4, 0.5) is 0 Å². The highest BCUT2D eigenvalue weighted by Gasteiger charge is 2.21. The van der Waals surface area contributed by atoms with E-state index in [-0.39, 0.29) is 5.91 Å². The zero-order valence-electron chi connectivity index (χ0n) is 12.1. The van der Waals surface area contributed by atoms with Gasteiger partial charge in [0.15, 0.2) is 10.4 Å². The first-order valence-corrected chi connectivity index (χ1v) is 6.78. The highest BCUT2D eigenvalue weighted by molar-refractivity contribution is 7.71. The van der Waals surface area contributed by atoms with Crippen LogP contribution in [0.3, 0.4) is 0 Å². The van der Waals surface area contributed by atoms with Crippen LogP contribution in [0.2, 0.25) is 0 Å². The number of nitrogens with zero attached hydrogens (tertiary/aromatic N) is 3. The summed E-state index contributed by atoms with van der Waals surface area (Å²) in [5.74, 6) is -0.0992. The number of rotatable bonds is 5. The maximum absolute atomic E-state index is 12.2. The molecule has 8 heteroatoms. The van der Waals surface area contributed by atoms with Crippen molar-refractivity contribution in [3.05, 3.63) is 10.5 Å². The smallest absolute Gasteiger partial charge is 0.243 e. The number of H-pyrrole nitrogens is 1. The number of carbonyl (C=O) groups excluding carboxylic acids is 1. The molecule has 2 aromatic heterocycles. The number of fused-ring (bicyclic) bond motifs is 1. The third-order valence-corrected chi connectivity index (χ3v) is 3.54. The van der Waals surface area contributed by atoms with Crippen LogP contribution in [-0.2, 0) is 16.6 Å². The molecule has 1 atom stereocenters. The van der Waals surface area contributed by atoms with Crippen molar-refractivity contribution in [3.63, 3.8) is 0 Å². The number of hydrogen-bond donors (Lipinski definition) is 2. The summed E-state index contributed by atoms with van der Waals surface area (Å²) >= 11 is 5.32. The minimum atomic E-state index is -0.414. The van der Waals surface area contributed by atoms with Crippen LogP contribution in [0.1, 0.15) is 18.7 Å². The Hall–Kier alpha value is -1.67. The van der Waals surface area contributed by atoms with Gasteiger partial charge in [-0.3, -0.25) is 14.0 Å². The molecule has 0 aromatic carbocycles. The van der Waals surface area contributed by atoms with Gasteiger partial charge in [-0.25, -0.2) is 0 Å². The maximum atomic E-state index is 12.2. The summed E-state index contributed by atoms with van der Waals surface area (Å²) in [6, 6.07) is -0.414. The number of hydrogen-bond acceptors (Lipinski definition) is 4. The predicted molar refractivity (Wildman–Crippen MR) is 78.2 cm³/mol. The molecular formula is C12H19N5O2S. The SMILES string of the molecule is COCCNC(=O)C(C)n1c(=S)[nH]c2c(C)nn(C)c21. The molecule has 2 rings (SSSR count). The number of amides is 1. The second kappa shape index (κ2) is 5.76. The lowest BCUT2D eigenvalue weighted by atomic mass is 10.3. The zero-order valence-corrected chi connectivity index (χ0v) is 12.9. The van der Waals surface area contributed by atoms with Crippen LogP contribution in [0.15, 0.2) is 0 Å². The van der Waals surface area contributed by atoms with E-state index in [2.05, 4.69) is 15.4 Å². The van der Waals surface area contributed by atoms with Gasteiger partial charge in [0.2, 0.25) is 5.91 Å². The van der Waals surface area contributed by atoms with Crippen LogP contribution >= 0.6 is 12.2 Å². The standard InChI is InChI=1S/C12H19N5O2S/c1-7-9-11(16(3)15-7)17(12(20)14-9)8(2)10(18)13-5-6-19-4/h8H,5-6H2,1-4H3,(H,13,18)(H,14,20). The molecule has 2 N–H and O–H groups in total. The molecule has 0 aliphatic heterocycles. The van der Waals surface area contributed by atoms with Gasteiger partial charge >= 0.3 is 0 Å². The Kier molecular flexibility index (Phi) is 4.24. The molecule has 0 saturated carbocycles. The van der Waals surface area contributed by atoms with Crippen molar-refractivity contribution in [3.8, 4) is 0 Å². The maximum Gasteiger partial charge on any atom is 0.243 e. The van der Waals surface area contributed by atoms with E-state index >= 15 is 0 Å². The van der Waals surface area contributed by atoms with Gasteiger partial charge in [0.1, 0.15) is 11.6 Å². The molecule has 1 amide bonds. The number of aromatic amines is 1. The lowest BCUT2D eigenvalue weighted by Crippen LogP contribution is -2.33. The van der Waals surface area contributed by atoms with Crippen molar-refractivity contribution in [2.75, 3.05) is 20.3 Å². The van der Waals surface area contributed by atoms with Gasteiger partial charge in [-0.1, -0.05) is 0 Å². The van der Waals surface area contributed by atoms with E-state index in [1.807, 2.05) is 20.9 Å². The van der Waals surface area contributed by atoms with Gasteiger partial charge in [-0.05, 0) is 26.1 Å². The number of aryl methyl sites for hydroxylation is 2. The van der Waals surface area contributed by atoms with E-state index in [0.29, 0.717) is 17.9 Å². The Morgan fingerprint density at radius 2 is 2.30 bits per heavy atom. The normalized spacial score (nSPS) is 12.8. The number of nitrogens with one attached hydrogen (secondary N) is 2. The number of methoxy groups -OCH3 is 1. The van der Waals surface area contributed by atoms with E-state index in [1.165, 1.54) is 0 Å². The van der Waals surface area contributed by atoms with E-state index in [9.17, 15) is 4.79 Å². The first-order valence-electron chi connectivity index (χ1n) is 6.37. The molecule has 0 aliphatic rings. The summed E-state index contributed by atoms with van der Waals surface area (Å²) < 4.78 is 8.95. The third kappa shape index (κ3) is 2.48. The monoisotopic (exact) mass is 297 g/mol. The average Bonchev–Trinajstić information content (AvgIpc) is 2.87. The lowest BCUT2D eigenvalue weighted by Gasteiger charge is -2.14. The Bertz CT molecular complexity index is 684. The highest BCUT2D eigenvalue weighted by Crippen LogP contribution is 2.21. The van der Waals surface area contributed by atoms with Crippen LogP contribution in [0.25, 0.3) is 11.2 Å². The predicted octanol–water partition coefficient (Wildman–Crippen LogP) is 1.06. The average molecular weight is 297 g/mol. The summed E-state index contributed by atoms with van der Waals surface area (Å²) in [7, 11) is 3.43. The molecule has 0 fully saturated rings. The minimum Gasteiger partial charge on any atom is -0.383 e. The van der Waals surface area contributed by atoms with Crippen molar-refractivity contribution >= 4 is 29.3 Å². The summed E-state index contributed by atoms with van der Waals surface area (Å²) in [5, 5.41) is 7.15. The molecule has 2 aromatic rings. The largest absolute Gasteiger partial charge is 0.383 e. The number of aromatic nitrogens is 4. The molecule has 0 bridgehead atoms.